The number of nitrogens with one attached hydrogen (secondary N) is 1. The second-order valence-electron chi connectivity index (χ2n) is 4.11. The van der Waals surface area contributed by atoms with Gasteiger partial charge in [-0.3, -0.25) is 0 Å². The Balaban J connectivity index is 4.49. The largest absolute Gasteiger partial charge is 0.316 e. The van der Waals surface area contributed by atoms with Crippen molar-refractivity contribution in [2.45, 2.75) is 19.1 Å². The predicted octanol–water partition coefficient (Wildman–Crippen LogP) is -0.709. The number of hydrogen-bond donors (Lipinski definition) is 1. The first-order valence-corrected chi connectivity index (χ1v) is 9.01. The third kappa shape index (κ3) is 6.35. The summed E-state index contributed by atoms with van der Waals surface area (Å²) in [7, 11) is -5.17. The highest BCUT2D eigenvalue weighted by Crippen LogP contribution is 2.06. The van der Waals surface area contributed by atoms with Gasteiger partial charge in [-0.05, 0) is 13.5 Å². The van der Waals surface area contributed by atoms with Crippen molar-refractivity contribution in [3.05, 3.63) is 0 Å². The normalized spacial score (nSPS) is 15.1. The van der Waals surface area contributed by atoms with Crippen LogP contribution in [0.15, 0.2) is 0 Å². The van der Waals surface area contributed by atoms with Crippen LogP contribution in [0.1, 0.15) is 13.8 Å². The SMILES string of the molecule is CCNCC(C)S(=O)(=O)N(C)CCS(C)(=O)=O. The Hall–Kier alpha value is -0.180. The molecule has 0 aliphatic heterocycles. The van der Waals surface area contributed by atoms with Crippen molar-refractivity contribution in [2.75, 3.05) is 38.7 Å². The number of nitrogens with zero attached hydrogens (tertiary/aromatic N) is 1. The van der Waals surface area contributed by atoms with Gasteiger partial charge in [0.25, 0.3) is 0 Å². The molecule has 1 atom stereocenters. The quantitative estimate of drug-likeness (QED) is 0.637. The van der Waals surface area contributed by atoms with Crippen molar-refractivity contribution < 1.29 is 16.8 Å². The summed E-state index contributed by atoms with van der Waals surface area (Å²) in [6.07, 6.45) is 1.09. The minimum Gasteiger partial charge on any atom is -0.316 e. The summed E-state index contributed by atoms with van der Waals surface area (Å²) in [4.78, 5) is 0. The van der Waals surface area contributed by atoms with E-state index in [1.165, 1.54) is 7.05 Å². The fourth-order valence-electron chi connectivity index (χ4n) is 1.18. The molecule has 0 bridgehead atoms. The van der Waals surface area contributed by atoms with Crippen molar-refractivity contribution in [1.82, 2.24) is 9.62 Å². The Kier molecular flexibility index (Phi) is 6.60. The first-order chi connectivity index (χ1) is 7.61. The van der Waals surface area contributed by atoms with Crippen molar-refractivity contribution in [3.8, 4) is 0 Å². The second kappa shape index (κ2) is 6.67. The molecule has 0 rings (SSSR count). The van der Waals surface area contributed by atoms with Crippen molar-refractivity contribution >= 4 is 19.9 Å². The topological polar surface area (TPSA) is 83.6 Å². The van der Waals surface area contributed by atoms with E-state index in [9.17, 15) is 16.8 Å². The van der Waals surface area contributed by atoms with Gasteiger partial charge in [0.15, 0.2) is 0 Å². The maximum Gasteiger partial charge on any atom is 0.217 e. The molecule has 0 aromatic heterocycles. The monoisotopic (exact) mass is 286 g/mol. The average molecular weight is 286 g/mol. The maximum atomic E-state index is 11.9. The molecule has 0 aromatic carbocycles. The fraction of sp³-hybridized carbons (Fsp3) is 1.00. The summed E-state index contributed by atoms with van der Waals surface area (Å²) in [5, 5.41) is 2.39. The first-order valence-electron chi connectivity index (χ1n) is 5.45. The third-order valence-electron chi connectivity index (χ3n) is 2.40. The van der Waals surface area contributed by atoms with Gasteiger partial charge < -0.3 is 5.32 Å². The fourth-order valence-corrected chi connectivity index (χ4v) is 3.19. The van der Waals surface area contributed by atoms with E-state index in [0.717, 1.165) is 10.6 Å². The van der Waals surface area contributed by atoms with Crippen LogP contribution in [-0.4, -0.2) is 65.1 Å². The Bertz CT molecular complexity index is 416. The molecule has 0 saturated carbocycles. The lowest BCUT2D eigenvalue weighted by atomic mass is 10.5. The number of rotatable bonds is 8. The van der Waals surface area contributed by atoms with E-state index in [0.29, 0.717) is 13.1 Å². The molecule has 0 radical (unpaired) electrons. The molecule has 0 amide bonds. The predicted molar refractivity (Wildman–Crippen MR) is 69.3 cm³/mol. The average Bonchev–Trinajstić information content (AvgIpc) is 2.21. The van der Waals surface area contributed by atoms with Crippen molar-refractivity contribution in [1.29, 1.82) is 0 Å². The summed E-state index contributed by atoms with van der Waals surface area (Å²) in [5.74, 6) is -0.156. The van der Waals surface area contributed by atoms with Gasteiger partial charge in [-0.15, -0.1) is 0 Å². The molecule has 0 heterocycles. The molecule has 1 unspecified atom stereocenters. The lowest BCUT2D eigenvalue weighted by molar-refractivity contribution is 0.471. The first kappa shape index (κ1) is 16.8. The van der Waals surface area contributed by atoms with E-state index in [2.05, 4.69) is 5.32 Å². The summed E-state index contributed by atoms with van der Waals surface area (Å²) in [5.41, 5.74) is 0. The summed E-state index contributed by atoms with van der Waals surface area (Å²) in [6.45, 7) is 4.56. The van der Waals surface area contributed by atoms with E-state index in [-0.39, 0.29) is 12.3 Å². The summed E-state index contributed by atoms with van der Waals surface area (Å²) in [6, 6.07) is 0. The van der Waals surface area contributed by atoms with Crippen LogP contribution in [0.4, 0.5) is 0 Å². The third-order valence-corrected chi connectivity index (χ3v) is 5.56. The van der Waals surface area contributed by atoms with Gasteiger partial charge in [0.2, 0.25) is 10.0 Å². The van der Waals surface area contributed by atoms with Crippen LogP contribution in [0.3, 0.4) is 0 Å². The van der Waals surface area contributed by atoms with E-state index in [1.807, 2.05) is 6.92 Å². The van der Waals surface area contributed by atoms with Gasteiger partial charge in [-0.25, -0.2) is 21.1 Å². The highest BCUT2D eigenvalue weighted by molar-refractivity contribution is 7.91. The highest BCUT2D eigenvalue weighted by atomic mass is 32.2. The summed E-state index contributed by atoms with van der Waals surface area (Å²) < 4.78 is 46.9. The Morgan fingerprint density at radius 3 is 2.18 bits per heavy atom. The molecule has 17 heavy (non-hydrogen) atoms. The van der Waals surface area contributed by atoms with E-state index in [1.54, 1.807) is 6.92 Å². The molecule has 0 saturated heterocycles. The van der Waals surface area contributed by atoms with Gasteiger partial charge >= 0.3 is 0 Å². The molecule has 6 nitrogen and oxygen atoms in total. The van der Waals surface area contributed by atoms with Crippen LogP contribution >= 0.6 is 0 Å². The molecule has 0 spiro atoms. The second-order valence-corrected chi connectivity index (χ2v) is 8.83. The van der Waals surface area contributed by atoms with Crippen molar-refractivity contribution in [2.24, 2.45) is 0 Å². The zero-order valence-electron chi connectivity index (χ0n) is 10.8. The lowest BCUT2D eigenvalue weighted by Gasteiger charge is -2.21. The molecular formula is C9H22N2O4S2. The van der Waals surface area contributed by atoms with Gasteiger partial charge in [0, 0.05) is 26.4 Å². The summed E-state index contributed by atoms with van der Waals surface area (Å²) >= 11 is 0. The highest BCUT2D eigenvalue weighted by Gasteiger charge is 2.25. The number of sulfonamides is 1. The van der Waals surface area contributed by atoms with Crippen LogP contribution in [-0.2, 0) is 19.9 Å². The van der Waals surface area contributed by atoms with Crippen LogP contribution in [0, 0.1) is 0 Å². The van der Waals surface area contributed by atoms with Crippen LogP contribution < -0.4 is 5.32 Å². The molecular weight excluding hydrogens is 264 g/mol. The molecule has 104 valence electrons. The molecule has 0 fully saturated rings. The minimum absolute atomic E-state index is 0.00235. The van der Waals surface area contributed by atoms with Gasteiger partial charge in [0.05, 0.1) is 11.0 Å². The standard InChI is InChI=1S/C9H22N2O4S2/c1-5-10-8-9(2)17(14,15)11(3)6-7-16(4,12)13/h9-10H,5-8H2,1-4H3. The van der Waals surface area contributed by atoms with Gasteiger partial charge in [-0.1, -0.05) is 6.92 Å². The number of hydrogen-bond acceptors (Lipinski definition) is 5. The van der Waals surface area contributed by atoms with E-state index in [4.69, 9.17) is 0 Å². The lowest BCUT2D eigenvalue weighted by Crippen LogP contribution is -2.41. The smallest absolute Gasteiger partial charge is 0.217 e. The van der Waals surface area contributed by atoms with Crippen LogP contribution in [0.2, 0.25) is 0 Å². The molecule has 1 N–H and O–H groups in total. The van der Waals surface area contributed by atoms with Crippen molar-refractivity contribution in [3.63, 3.8) is 0 Å². The molecule has 0 aliphatic carbocycles. The Labute approximate surface area is 104 Å². The molecule has 8 heteroatoms. The van der Waals surface area contributed by atoms with Gasteiger partial charge in [-0.2, -0.15) is 0 Å². The minimum atomic E-state index is -3.43. The zero-order valence-corrected chi connectivity index (χ0v) is 12.4. The van der Waals surface area contributed by atoms with E-state index >= 15 is 0 Å². The Morgan fingerprint density at radius 1 is 1.24 bits per heavy atom. The molecule has 0 aromatic rings. The maximum absolute atomic E-state index is 11.9. The van der Waals surface area contributed by atoms with Gasteiger partial charge in [0.1, 0.15) is 9.84 Å². The van der Waals surface area contributed by atoms with Crippen LogP contribution in [0.5, 0.6) is 0 Å². The van der Waals surface area contributed by atoms with Crippen LogP contribution in [0.25, 0.3) is 0 Å². The Morgan fingerprint density at radius 2 is 1.76 bits per heavy atom. The number of sulfone groups is 1. The molecule has 0 aliphatic rings. The van der Waals surface area contributed by atoms with E-state index < -0.39 is 25.1 Å². The zero-order chi connectivity index (χ0) is 13.7.